The minimum absolute atomic E-state index is 1.00. The first-order valence-electron chi connectivity index (χ1n) is 8.69. The van der Waals surface area contributed by atoms with Crippen molar-refractivity contribution >= 4 is 0 Å². The van der Waals surface area contributed by atoms with Crippen molar-refractivity contribution in [2.45, 2.75) is 82.7 Å². The summed E-state index contributed by atoms with van der Waals surface area (Å²) < 4.78 is 0. The summed E-state index contributed by atoms with van der Waals surface area (Å²) in [5.74, 6) is 3.27. The normalized spacial score (nSPS) is 52.0. The molecule has 0 N–H and O–H groups in total. The van der Waals surface area contributed by atoms with Crippen molar-refractivity contribution in [2.75, 3.05) is 6.54 Å². The molecule has 6 atom stereocenters. The van der Waals surface area contributed by atoms with E-state index in [0.29, 0.717) is 0 Å². The summed E-state index contributed by atoms with van der Waals surface area (Å²) in [5.41, 5.74) is 0. The molecule has 0 amide bonds. The number of piperidine rings is 1. The molecule has 2 saturated carbocycles. The van der Waals surface area contributed by atoms with Gasteiger partial charge in [-0.1, -0.05) is 38.5 Å². The number of hydrogen-bond acceptors (Lipinski definition) is 1. The van der Waals surface area contributed by atoms with Crippen molar-refractivity contribution < 1.29 is 0 Å². The van der Waals surface area contributed by atoms with E-state index in [1.54, 1.807) is 19.3 Å². The van der Waals surface area contributed by atoms with Crippen molar-refractivity contribution in [3.05, 3.63) is 0 Å². The molecule has 4 rings (SSSR count). The van der Waals surface area contributed by atoms with Crippen LogP contribution in [0, 0.1) is 17.8 Å². The number of rotatable bonds is 0. The second-order valence-corrected chi connectivity index (χ2v) is 7.53. The molecule has 2 bridgehead atoms. The van der Waals surface area contributed by atoms with E-state index in [0.717, 1.165) is 29.8 Å². The summed E-state index contributed by atoms with van der Waals surface area (Å²) in [7, 11) is 0. The monoisotopic (exact) mass is 247 g/mol. The molecule has 18 heavy (non-hydrogen) atoms. The van der Waals surface area contributed by atoms with Crippen LogP contribution in [-0.4, -0.2) is 23.5 Å². The van der Waals surface area contributed by atoms with Crippen molar-refractivity contribution in [1.29, 1.82) is 0 Å². The Bertz CT molecular complexity index is 300. The fraction of sp³-hybridized carbons (Fsp3) is 1.00. The van der Waals surface area contributed by atoms with Gasteiger partial charge in [-0.15, -0.1) is 0 Å². The minimum atomic E-state index is 1.00. The summed E-state index contributed by atoms with van der Waals surface area (Å²) in [5, 5.41) is 0. The van der Waals surface area contributed by atoms with Crippen LogP contribution in [-0.2, 0) is 0 Å². The Kier molecular flexibility index (Phi) is 3.14. The fourth-order valence-electron chi connectivity index (χ4n) is 5.92. The van der Waals surface area contributed by atoms with Gasteiger partial charge < -0.3 is 0 Å². The SMILES string of the molecule is C1CCC[C@@H]2C3CC4CCCC[C@H]4N(C3)C2CC1. The topological polar surface area (TPSA) is 3.24 Å². The quantitative estimate of drug-likeness (QED) is 0.619. The molecule has 102 valence electrons. The van der Waals surface area contributed by atoms with Crippen LogP contribution >= 0.6 is 0 Å². The zero-order valence-corrected chi connectivity index (χ0v) is 11.8. The van der Waals surface area contributed by atoms with Gasteiger partial charge in [0.05, 0.1) is 0 Å². The van der Waals surface area contributed by atoms with Gasteiger partial charge in [-0.3, -0.25) is 4.90 Å². The van der Waals surface area contributed by atoms with Gasteiger partial charge in [0.2, 0.25) is 0 Å². The lowest BCUT2D eigenvalue weighted by atomic mass is 9.74. The molecule has 2 heterocycles. The molecular formula is C17H29N. The Labute approximate surface area is 112 Å². The average Bonchev–Trinajstić information content (AvgIpc) is 2.62. The van der Waals surface area contributed by atoms with Crippen LogP contribution in [0.2, 0.25) is 0 Å². The molecule has 4 fully saturated rings. The Morgan fingerprint density at radius 1 is 0.611 bits per heavy atom. The lowest BCUT2D eigenvalue weighted by Gasteiger charge is -2.44. The van der Waals surface area contributed by atoms with Gasteiger partial charge in [-0.05, 0) is 49.9 Å². The Morgan fingerprint density at radius 2 is 1.33 bits per heavy atom. The molecule has 0 aromatic rings. The molecule has 0 spiro atoms. The van der Waals surface area contributed by atoms with E-state index < -0.39 is 0 Å². The molecule has 2 saturated heterocycles. The smallest absolute Gasteiger partial charge is 0.0130 e. The highest BCUT2D eigenvalue weighted by Crippen LogP contribution is 2.50. The molecule has 1 nitrogen and oxygen atoms in total. The van der Waals surface area contributed by atoms with Gasteiger partial charge in [0.15, 0.2) is 0 Å². The first-order valence-corrected chi connectivity index (χ1v) is 8.69. The van der Waals surface area contributed by atoms with Gasteiger partial charge in [0.25, 0.3) is 0 Å². The first-order chi connectivity index (χ1) is 8.93. The number of fused-ring (bicyclic) bond motifs is 7. The van der Waals surface area contributed by atoms with Crippen LogP contribution in [0.1, 0.15) is 70.6 Å². The van der Waals surface area contributed by atoms with E-state index in [4.69, 9.17) is 0 Å². The van der Waals surface area contributed by atoms with Gasteiger partial charge in [-0.2, -0.15) is 0 Å². The lowest BCUT2D eigenvalue weighted by molar-refractivity contribution is 0.0535. The lowest BCUT2D eigenvalue weighted by Crippen LogP contribution is -2.48. The molecule has 0 radical (unpaired) electrons. The zero-order chi connectivity index (χ0) is 11.9. The van der Waals surface area contributed by atoms with Crippen LogP contribution in [0.4, 0.5) is 0 Å². The molecule has 4 aliphatic rings. The highest BCUT2D eigenvalue weighted by molar-refractivity contribution is 5.03. The van der Waals surface area contributed by atoms with Gasteiger partial charge in [0, 0.05) is 18.6 Å². The van der Waals surface area contributed by atoms with Crippen LogP contribution in [0.25, 0.3) is 0 Å². The van der Waals surface area contributed by atoms with Crippen molar-refractivity contribution in [2.24, 2.45) is 17.8 Å². The maximum Gasteiger partial charge on any atom is 0.0130 e. The highest BCUT2D eigenvalue weighted by Gasteiger charge is 2.50. The predicted molar refractivity (Wildman–Crippen MR) is 75.5 cm³/mol. The van der Waals surface area contributed by atoms with Crippen LogP contribution in [0.3, 0.4) is 0 Å². The van der Waals surface area contributed by atoms with Crippen LogP contribution in [0.15, 0.2) is 0 Å². The molecule has 4 unspecified atom stereocenters. The summed E-state index contributed by atoms with van der Waals surface area (Å²) in [6, 6.07) is 2.01. The Morgan fingerprint density at radius 3 is 2.28 bits per heavy atom. The van der Waals surface area contributed by atoms with E-state index in [-0.39, 0.29) is 0 Å². The van der Waals surface area contributed by atoms with E-state index in [2.05, 4.69) is 4.90 Å². The molecule has 0 aromatic carbocycles. The second kappa shape index (κ2) is 4.81. The van der Waals surface area contributed by atoms with Crippen molar-refractivity contribution in [3.8, 4) is 0 Å². The average molecular weight is 247 g/mol. The molecule has 0 aromatic heterocycles. The highest BCUT2D eigenvalue weighted by atomic mass is 15.2. The van der Waals surface area contributed by atoms with E-state index >= 15 is 0 Å². The minimum Gasteiger partial charge on any atom is -0.297 e. The number of hydrogen-bond donors (Lipinski definition) is 0. The van der Waals surface area contributed by atoms with Crippen molar-refractivity contribution in [1.82, 2.24) is 4.90 Å². The van der Waals surface area contributed by atoms with Gasteiger partial charge in [0.1, 0.15) is 0 Å². The fourth-order valence-corrected chi connectivity index (χ4v) is 5.92. The van der Waals surface area contributed by atoms with Gasteiger partial charge >= 0.3 is 0 Å². The summed E-state index contributed by atoms with van der Waals surface area (Å²) in [6.45, 7) is 1.48. The van der Waals surface area contributed by atoms with E-state index in [1.165, 1.54) is 57.9 Å². The van der Waals surface area contributed by atoms with E-state index in [1.807, 2.05) is 0 Å². The van der Waals surface area contributed by atoms with Crippen molar-refractivity contribution in [3.63, 3.8) is 0 Å². The zero-order valence-electron chi connectivity index (χ0n) is 11.8. The largest absolute Gasteiger partial charge is 0.297 e. The maximum absolute atomic E-state index is 3.02. The third kappa shape index (κ3) is 1.85. The molecule has 1 heteroatoms. The third-order valence-electron chi connectivity index (χ3n) is 6.66. The standard InChI is InChI=1S/C17H29N/c1-2-4-10-17-15(8-3-1)14-11-13-7-5-6-9-16(13)18(17)12-14/h13-17H,1-12H2/t13?,14?,15-,16-,17?/m1/s1. The van der Waals surface area contributed by atoms with E-state index in [9.17, 15) is 0 Å². The van der Waals surface area contributed by atoms with Crippen LogP contribution < -0.4 is 0 Å². The summed E-state index contributed by atoms with van der Waals surface area (Å²) in [4.78, 5) is 3.02. The first kappa shape index (κ1) is 11.8. The summed E-state index contributed by atoms with van der Waals surface area (Å²) in [6.07, 6.45) is 16.9. The molecule has 2 aliphatic heterocycles. The van der Waals surface area contributed by atoms with Crippen LogP contribution in [0.5, 0.6) is 0 Å². The third-order valence-corrected chi connectivity index (χ3v) is 6.66. The number of nitrogens with zero attached hydrogens (tertiary/aromatic N) is 1. The molecular weight excluding hydrogens is 218 g/mol. The Balaban J connectivity index is 1.58. The second-order valence-electron chi connectivity index (χ2n) is 7.53. The van der Waals surface area contributed by atoms with Gasteiger partial charge in [-0.25, -0.2) is 0 Å². The summed E-state index contributed by atoms with van der Waals surface area (Å²) >= 11 is 0. The predicted octanol–water partition coefficient (Wildman–Crippen LogP) is 4.22. The Hall–Kier alpha value is -0.0400. The molecule has 2 aliphatic carbocycles. The maximum atomic E-state index is 3.02.